The molecule has 1 rings (SSSR count). The second-order valence-corrected chi connectivity index (χ2v) is 6.69. The molecule has 0 heterocycles. The normalized spacial score (nSPS) is 10.9. The molecule has 0 spiro atoms. The zero-order chi connectivity index (χ0) is 15.5. The topological polar surface area (TPSA) is 41.1 Å². The maximum atomic E-state index is 11.7. The Hall–Kier alpha value is -1.00. The predicted molar refractivity (Wildman–Crippen MR) is 91.6 cm³/mol. The van der Waals surface area contributed by atoms with Crippen LogP contribution in [0.25, 0.3) is 0 Å². The SMILES string of the molecule is CCCNCc1ccc(SCC(=O)NCCC(C)C)cc1. The van der Waals surface area contributed by atoms with Crippen LogP contribution in [0.5, 0.6) is 0 Å². The fraction of sp³-hybridized carbons (Fsp3) is 0.588. The molecule has 3 nitrogen and oxygen atoms in total. The van der Waals surface area contributed by atoms with E-state index in [-0.39, 0.29) is 5.91 Å². The van der Waals surface area contributed by atoms with E-state index in [2.05, 4.69) is 55.7 Å². The Morgan fingerprint density at radius 1 is 1.19 bits per heavy atom. The van der Waals surface area contributed by atoms with Crippen LogP contribution in [-0.2, 0) is 11.3 Å². The molecule has 0 aromatic heterocycles. The number of amides is 1. The average Bonchev–Trinajstić information content (AvgIpc) is 2.46. The summed E-state index contributed by atoms with van der Waals surface area (Å²) < 4.78 is 0. The Morgan fingerprint density at radius 3 is 2.52 bits per heavy atom. The lowest BCUT2D eigenvalue weighted by Crippen LogP contribution is -2.26. The van der Waals surface area contributed by atoms with Crippen LogP contribution in [0.15, 0.2) is 29.2 Å². The van der Waals surface area contributed by atoms with Gasteiger partial charge in [-0.3, -0.25) is 4.79 Å². The van der Waals surface area contributed by atoms with E-state index < -0.39 is 0 Å². The molecule has 0 unspecified atom stereocenters. The number of nitrogens with one attached hydrogen (secondary N) is 2. The van der Waals surface area contributed by atoms with Gasteiger partial charge in [-0.05, 0) is 43.0 Å². The first-order chi connectivity index (χ1) is 10.1. The molecule has 21 heavy (non-hydrogen) atoms. The highest BCUT2D eigenvalue weighted by Crippen LogP contribution is 2.18. The maximum absolute atomic E-state index is 11.7. The molecular formula is C17H28N2OS. The molecule has 1 aromatic carbocycles. The van der Waals surface area contributed by atoms with E-state index in [1.165, 1.54) is 5.56 Å². The van der Waals surface area contributed by atoms with E-state index in [1.54, 1.807) is 11.8 Å². The third kappa shape index (κ3) is 8.79. The molecule has 0 saturated carbocycles. The van der Waals surface area contributed by atoms with Crippen LogP contribution in [0.2, 0.25) is 0 Å². The standard InChI is InChI=1S/C17H28N2OS/c1-4-10-18-12-15-5-7-16(8-6-15)21-13-17(20)19-11-9-14(2)3/h5-8,14,18H,4,9-13H2,1-3H3,(H,19,20). The molecule has 0 fully saturated rings. The van der Waals surface area contributed by atoms with Gasteiger partial charge in [0.2, 0.25) is 5.91 Å². The summed E-state index contributed by atoms with van der Waals surface area (Å²) in [4.78, 5) is 12.8. The summed E-state index contributed by atoms with van der Waals surface area (Å²) in [6, 6.07) is 8.44. The fourth-order valence-electron chi connectivity index (χ4n) is 1.81. The third-order valence-electron chi connectivity index (χ3n) is 3.09. The van der Waals surface area contributed by atoms with Gasteiger partial charge in [-0.25, -0.2) is 0 Å². The summed E-state index contributed by atoms with van der Waals surface area (Å²) in [6.07, 6.45) is 2.19. The second-order valence-electron chi connectivity index (χ2n) is 5.64. The van der Waals surface area contributed by atoms with Crippen LogP contribution in [0.3, 0.4) is 0 Å². The minimum Gasteiger partial charge on any atom is -0.355 e. The molecule has 1 aromatic rings. The third-order valence-corrected chi connectivity index (χ3v) is 4.11. The van der Waals surface area contributed by atoms with Gasteiger partial charge in [-0.2, -0.15) is 0 Å². The first-order valence-corrected chi connectivity index (χ1v) is 8.79. The van der Waals surface area contributed by atoms with Crippen molar-refractivity contribution in [3.05, 3.63) is 29.8 Å². The largest absolute Gasteiger partial charge is 0.355 e. The highest BCUT2D eigenvalue weighted by Gasteiger charge is 2.03. The van der Waals surface area contributed by atoms with Crippen LogP contribution in [0.4, 0.5) is 0 Å². The molecule has 0 radical (unpaired) electrons. The fourth-order valence-corrected chi connectivity index (χ4v) is 2.54. The molecule has 0 saturated heterocycles. The number of thioether (sulfide) groups is 1. The van der Waals surface area contributed by atoms with Gasteiger partial charge in [-0.15, -0.1) is 11.8 Å². The van der Waals surface area contributed by atoms with Crippen molar-refractivity contribution in [1.29, 1.82) is 0 Å². The Labute approximate surface area is 133 Å². The molecule has 0 aliphatic heterocycles. The lowest BCUT2D eigenvalue weighted by Gasteiger charge is -2.07. The molecule has 0 aliphatic carbocycles. The maximum Gasteiger partial charge on any atom is 0.230 e. The van der Waals surface area contributed by atoms with E-state index in [9.17, 15) is 4.79 Å². The number of hydrogen-bond donors (Lipinski definition) is 2. The number of carbonyl (C=O) groups excluding carboxylic acids is 1. The summed E-state index contributed by atoms with van der Waals surface area (Å²) >= 11 is 1.59. The number of carbonyl (C=O) groups is 1. The van der Waals surface area contributed by atoms with Crippen molar-refractivity contribution in [2.75, 3.05) is 18.8 Å². The van der Waals surface area contributed by atoms with Gasteiger partial charge in [0.1, 0.15) is 0 Å². The minimum absolute atomic E-state index is 0.120. The van der Waals surface area contributed by atoms with Crippen LogP contribution in [0, 0.1) is 5.92 Å². The van der Waals surface area contributed by atoms with E-state index >= 15 is 0 Å². The summed E-state index contributed by atoms with van der Waals surface area (Å²) in [5.74, 6) is 1.24. The van der Waals surface area contributed by atoms with Crippen LogP contribution in [-0.4, -0.2) is 24.7 Å². The Kier molecular flexibility index (Phi) is 9.19. The highest BCUT2D eigenvalue weighted by atomic mass is 32.2. The zero-order valence-electron chi connectivity index (χ0n) is 13.4. The van der Waals surface area contributed by atoms with Crippen molar-refractivity contribution < 1.29 is 4.79 Å². The van der Waals surface area contributed by atoms with Gasteiger partial charge in [0.25, 0.3) is 0 Å². The van der Waals surface area contributed by atoms with Crippen LogP contribution >= 0.6 is 11.8 Å². The van der Waals surface area contributed by atoms with Crippen LogP contribution < -0.4 is 10.6 Å². The monoisotopic (exact) mass is 308 g/mol. The van der Waals surface area contributed by atoms with Gasteiger partial charge in [-0.1, -0.05) is 32.9 Å². The summed E-state index contributed by atoms with van der Waals surface area (Å²) in [5.41, 5.74) is 1.29. The first kappa shape index (κ1) is 18.1. The quantitative estimate of drug-likeness (QED) is 0.514. The average molecular weight is 308 g/mol. The smallest absolute Gasteiger partial charge is 0.230 e. The van der Waals surface area contributed by atoms with Gasteiger partial charge in [0, 0.05) is 18.0 Å². The van der Waals surface area contributed by atoms with Crippen molar-refractivity contribution in [2.24, 2.45) is 5.92 Å². The lowest BCUT2D eigenvalue weighted by atomic mass is 10.1. The van der Waals surface area contributed by atoms with Gasteiger partial charge in [0.05, 0.1) is 5.75 Å². The summed E-state index contributed by atoms with van der Waals surface area (Å²) in [7, 11) is 0. The summed E-state index contributed by atoms with van der Waals surface area (Å²) in [6.45, 7) is 9.23. The molecule has 4 heteroatoms. The molecule has 0 bridgehead atoms. The van der Waals surface area contributed by atoms with Gasteiger partial charge in [0.15, 0.2) is 0 Å². The van der Waals surface area contributed by atoms with E-state index in [1.807, 2.05) is 0 Å². The Morgan fingerprint density at radius 2 is 1.90 bits per heavy atom. The number of benzene rings is 1. The molecule has 118 valence electrons. The zero-order valence-corrected chi connectivity index (χ0v) is 14.3. The Bertz CT molecular complexity index is 404. The molecule has 2 N–H and O–H groups in total. The van der Waals surface area contributed by atoms with Crippen LogP contribution in [0.1, 0.15) is 39.2 Å². The minimum atomic E-state index is 0.120. The number of hydrogen-bond acceptors (Lipinski definition) is 3. The number of rotatable bonds is 10. The van der Waals surface area contributed by atoms with E-state index in [0.717, 1.165) is 37.4 Å². The predicted octanol–water partition coefficient (Wildman–Crippen LogP) is 3.44. The van der Waals surface area contributed by atoms with Crippen molar-refractivity contribution >= 4 is 17.7 Å². The van der Waals surface area contributed by atoms with E-state index in [4.69, 9.17) is 0 Å². The molecule has 1 amide bonds. The molecular weight excluding hydrogens is 280 g/mol. The second kappa shape index (κ2) is 10.7. The molecule has 0 atom stereocenters. The van der Waals surface area contributed by atoms with Crippen molar-refractivity contribution in [3.8, 4) is 0 Å². The van der Waals surface area contributed by atoms with E-state index in [0.29, 0.717) is 11.7 Å². The molecule has 0 aliphatic rings. The van der Waals surface area contributed by atoms with Crippen molar-refractivity contribution in [1.82, 2.24) is 10.6 Å². The lowest BCUT2D eigenvalue weighted by molar-refractivity contribution is -0.118. The first-order valence-electron chi connectivity index (χ1n) is 7.81. The van der Waals surface area contributed by atoms with Gasteiger partial charge < -0.3 is 10.6 Å². The van der Waals surface area contributed by atoms with Gasteiger partial charge >= 0.3 is 0 Å². The highest BCUT2D eigenvalue weighted by molar-refractivity contribution is 8.00. The van der Waals surface area contributed by atoms with Crippen molar-refractivity contribution in [2.45, 2.75) is 45.1 Å². The Balaban J connectivity index is 2.24. The summed E-state index contributed by atoms with van der Waals surface area (Å²) in [5, 5.41) is 6.34. The van der Waals surface area contributed by atoms with Crippen molar-refractivity contribution in [3.63, 3.8) is 0 Å².